The molecule has 1 aromatic heterocycles. The molecule has 2 N–H and O–H groups in total. The molecule has 0 saturated carbocycles. The van der Waals surface area contributed by atoms with Crippen molar-refractivity contribution in [1.82, 2.24) is 20.2 Å². The maximum absolute atomic E-state index is 12.1. The molecule has 3 aromatic rings. The van der Waals surface area contributed by atoms with Crippen molar-refractivity contribution in [1.29, 1.82) is 0 Å². The van der Waals surface area contributed by atoms with E-state index >= 15 is 0 Å². The van der Waals surface area contributed by atoms with E-state index in [1.807, 2.05) is 38.1 Å². The van der Waals surface area contributed by atoms with Gasteiger partial charge in [-0.2, -0.15) is 5.21 Å². The van der Waals surface area contributed by atoms with Crippen LogP contribution in [-0.4, -0.2) is 32.7 Å². The van der Waals surface area contributed by atoms with Crippen LogP contribution in [0.4, 0.5) is 5.69 Å². The minimum absolute atomic E-state index is 0.0703. The number of anilines is 1. The van der Waals surface area contributed by atoms with Crippen LogP contribution in [0.25, 0.3) is 5.69 Å². The number of benzene rings is 2. The number of aryl methyl sites for hydroxylation is 2. The SMILES string of the molecule is Cc1ccc(OCC(=O)Nc2cccc(-n3[nH]nnc3=S)c2)c(C)c1. The number of aromatic amines is 1. The number of amides is 1. The number of carbonyl (C=O) groups is 1. The lowest BCUT2D eigenvalue weighted by atomic mass is 10.1. The minimum atomic E-state index is -0.247. The highest BCUT2D eigenvalue weighted by molar-refractivity contribution is 7.71. The summed E-state index contributed by atoms with van der Waals surface area (Å²) in [6.07, 6.45) is 0. The van der Waals surface area contributed by atoms with E-state index in [1.54, 1.807) is 18.2 Å². The van der Waals surface area contributed by atoms with E-state index in [9.17, 15) is 4.79 Å². The van der Waals surface area contributed by atoms with Gasteiger partial charge in [0.1, 0.15) is 5.75 Å². The van der Waals surface area contributed by atoms with Gasteiger partial charge in [-0.15, -0.1) is 0 Å². The number of tetrazole rings is 1. The summed E-state index contributed by atoms with van der Waals surface area (Å²) in [6.45, 7) is 3.89. The van der Waals surface area contributed by atoms with Gasteiger partial charge in [-0.1, -0.05) is 34.1 Å². The molecule has 2 aromatic carbocycles. The molecule has 0 spiro atoms. The molecule has 0 atom stereocenters. The topological polar surface area (TPSA) is 84.8 Å². The fourth-order valence-electron chi connectivity index (χ4n) is 2.39. The van der Waals surface area contributed by atoms with Crippen LogP contribution in [0.5, 0.6) is 5.75 Å². The molecule has 7 nitrogen and oxygen atoms in total. The zero-order valence-electron chi connectivity index (χ0n) is 13.8. The van der Waals surface area contributed by atoms with Crippen molar-refractivity contribution in [3.8, 4) is 11.4 Å². The molecule has 0 fully saturated rings. The lowest BCUT2D eigenvalue weighted by molar-refractivity contribution is -0.118. The van der Waals surface area contributed by atoms with Crippen molar-refractivity contribution in [2.45, 2.75) is 13.8 Å². The summed E-state index contributed by atoms with van der Waals surface area (Å²) in [7, 11) is 0. The first kappa shape index (κ1) is 16.8. The van der Waals surface area contributed by atoms with Crippen LogP contribution in [0, 0.1) is 18.6 Å². The molecule has 3 rings (SSSR count). The van der Waals surface area contributed by atoms with Gasteiger partial charge in [-0.05, 0) is 55.9 Å². The van der Waals surface area contributed by atoms with Gasteiger partial charge in [0.2, 0.25) is 4.77 Å². The van der Waals surface area contributed by atoms with Crippen LogP contribution < -0.4 is 10.1 Å². The molecule has 0 aliphatic rings. The molecule has 1 amide bonds. The number of H-pyrrole nitrogens is 1. The number of carbonyl (C=O) groups excluding carboxylic acids is 1. The Kier molecular flexibility index (Phi) is 4.90. The predicted octanol–water partition coefficient (Wildman–Crippen LogP) is 2.96. The summed E-state index contributed by atoms with van der Waals surface area (Å²) in [6, 6.07) is 13.0. The molecule has 0 aliphatic carbocycles. The highest BCUT2D eigenvalue weighted by Gasteiger charge is 2.07. The van der Waals surface area contributed by atoms with Crippen LogP contribution in [0.2, 0.25) is 0 Å². The first-order chi connectivity index (χ1) is 12.0. The van der Waals surface area contributed by atoms with Crippen molar-refractivity contribution >= 4 is 23.8 Å². The monoisotopic (exact) mass is 355 g/mol. The van der Waals surface area contributed by atoms with Gasteiger partial charge >= 0.3 is 0 Å². The van der Waals surface area contributed by atoms with Crippen LogP contribution in [0.15, 0.2) is 42.5 Å². The Morgan fingerprint density at radius 1 is 1.28 bits per heavy atom. The highest BCUT2D eigenvalue weighted by Crippen LogP contribution is 2.19. The zero-order valence-corrected chi connectivity index (χ0v) is 14.6. The summed E-state index contributed by atoms with van der Waals surface area (Å²) in [5.41, 5.74) is 3.50. The molecule has 0 radical (unpaired) electrons. The first-order valence-corrected chi connectivity index (χ1v) is 8.04. The second kappa shape index (κ2) is 7.27. The molecule has 25 heavy (non-hydrogen) atoms. The highest BCUT2D eigenvalue weighted by atomic mass is 32.1. The molecule has 8 heteroatoms. The number of nitrogens with one attached hydrogen (secondary N) is 2. The third kappa shape index (κ3) is 4.10. The zero-order chi connectivity index (χ0) is 17.8. The van der Waals surface area contributed by atoms with Crippen molar-refractivity contribution in [3.63, 3.8) is 0 Å². The van der Waals surface area contributed by atoms with Gasteiger partial charge in [-0.3, -0.25) is 4.79 Å². The maximum atomic E-state index is 12.1. The Bertz CT molecular complexity index is 963. The quantitative estimate of drug-likeness (QED) is 0.687. The summed E-state index contributed by atoms with van der Waals surface area (Å²) < 4.78 is 7.43. The lowest BCUT2D eigenvalue weighted by Gasteiger charge is -2.11. The Morgan fingerprint density at radius 2 is 2.12 bits per heavy atom. The third-order valence-corrected chi connectivity index (χ3v) is 3.81. The summed E-state index contributed by atoms with van der Waals surface area (Å²) in [5, 5.41) is 12.8. The average molecular weight is 355 g/mol. The van der Waals surface area contributed by atoms with E-state index in [4.69, 9.17) is 17.0 Å². The van der Waals surface area contributed by atoms with Gasteiger partial charge in [0, 0.05) is 5.69 Å². The molecular weight excluding hydrogens is 338 g/mol. The van der Waals surface area contributed by atoms with Crippen molar-refractivity contribution in [3.05, 3.63) is 58.4 Å². The fourth-order valence-corrected chi connectivity index (χ4v) is 2.58. The molecule has 0 bridgehead atoms. The number of hydrogen-bond donors (Lipinski definition) is 2. The molecule has 0 unspecified atom stereocenters. The van der Waals surface area contributed by atoms with E-state index < -0.39 is 0 Å². The van der Waals surface area contributed by atoms with Gasteiger partial charge in [0.05, 0.1) is 5.69 Å². The number of ether oxygens (including phenoxy) is 1. The van der Waals surface area contributed by atoms with Crippen LogP contribution in [0.1, 0.15) is 11.1 Å². The second-order valence-corrected chi connectivity index (χ2v) is 5.94. The summed E-state index contributed by atoms with van der Waals surface area (Å²) in [4.78, 5) is 12.1. The van der Waals surface area contributed by atoms with Gasteiger partial charge < -0.3 is 10.1 Å². The van der Waals surface area contributed by atoms with E-state index in [2.05, 4.69) is 20.8 Å². The normalized spacial score (nSPS) is 10.5. The van der Waals surface area contributed by atoms with E-state index in [-0.39, 0.29) is 12.5 Å². The smallest absolute Gasteiger partial charge is 0.262 e. The molecule has 0 saturated heterocycles. The van der Waals surface area contributed by atoms with Crippen LogP contribution in [0.3, 0.4) is 0 Å². The van der Waals surface area contributed by atoms with Gasteiger partial charge in [0.15, 0.2) is 6.61 Å². The minimum Gasteiger partial charge on any atom is -0.483 e. The maximum Gasteiger partial charge on any atom is 0.262 e. The van der Waals surface area contributed by atoms with E-state index in [0.717, 1.165) is 16.8 Å². The molecule has 0 aliphatic heterocycles. The van der Waals surface area contributed by atoms with Crippen molar-refractivity contribution in [2.75, 3.05) is 11.9 Å². The first-order valence-electron chi connectivity index (χ1n) is 7.63. The Labute approximate surface area is 149 Å². The predicted molar refractivity (Wildman–Crippen MR) is 96.6 cm³/mol. The van der Waals surface area contributed by atoms with Crippen LogP contribution in [-0.2, 0) is 4.79 Å². The average Bonchev–Trinajstić information content (AvgIpc) is 3.00. The number of rotatable bonds is 5. The number of aromatic nitrogens is 4. The molecule has 1 heterocycles. The molecular formula is C17H17N5O2S. The molecule has 128 valence electrons. The third-order valence-electron chi connectivity index (χ3n) is 3.55. The van der Waals surface area contributed by atoms with Gasteiger partial charge in [-0.25, -0.2) is 4.68 Å². The standard InChI is InChI=1S/C17H17N5O2S/c1-11-6-7-15(12(2)8-11)24-10-16(23)18-13-4-3-5-14(9-13)22-17(25)19-20-21-22/h3-9H,10H2,1-2H3,(H,18,23)(H,19,21,25). The number of hydrogen-bond acceptors (Lipinski definition) is 5. The largest absolute Gasteiger partial charge is 0.483 e. The van der Waals surface area contributed by atoms with E-state index in [1.165, 1.54) is 4.68 Å². The van der Waals surface area contributed by atoms with Crippen LogP contribution >= 0.6 is 12.2 Å². The summed E-state index contributed by atoms with van der Waals surface area (Å²) in [5.74, 6) is 0.452. The number of nitrogens with zero attached hydrogens (tertiary/aromatic N) is 3. The Morgan fingerprint density at radius 3 is 2.84 bits per heavy atom. The van der Waals surface area contributed by atoms with Crippen molar-refractivity contribution < 1.29 is 9.53 Å². The van der Waals surface area contributed by atoms with E-state index in [0.29, 0.717) is 16.2 Å². The van der Waals surface area contributed by atoms with Crippen molar-refractivity contribution in [2.24, 2.45) is 0 Å². The second-order valence-electron chi connectivity index (χ2n) is 5.57. The summed E-state index contributed by atoms with van der Waals surface area (Å²) >= 11 is 5.07. The Hall–Kier alpha value is -3.00. The Balaban J connectivity index is 1.65. The van der Waals surface area contributed by atoms with Gasteiger partial charge in [0.25, 0.3) is 5.91 Å². The fraction of sp³-hybridized carbons (Fsp3) is 0.176. The lowest BCUT2D eigenvalue weighted by Crippen LogP contribution is -2.20.